The van der Waals surface area contributed by atoms with Crippen molar-refractivity contribution >= 4 is 27.0 Å². The molecule has 0 fully saturated rings. The molecule has 0 bridgehead atoms. The molecule has 0 aromatic rings. The van der Waals surface area contributed by atoms with Gasteiger partial charge in [-0.2, -0.15) is 0 Å². The van der Waals surface area contributed by atoms with Gasteiger partial charge in [-0.15, -0.1) is 0 Å². The Kier molecular flexibility index (Phi) is 6.45. The zero-order chi connectivity index (χ0) is 12.8. The van der Waals surface area contributed by atoms with E-state index in [0.717, 1.165) is 5.32 Å². The van der Waals surface area contributed by atoms with Gasteiger partial charge in [0.25, 0.3) is 0 Å². The van der Waals surface area contributed by atoms with Crippen molar-refractivity contribution in [3.8, 4) is 0 Å². The van der Waals surface area contributed by atoms with Crippen LogP contribution in [0.25, 0.3) is 0 Å². The van der Waals surface area contributed by atoms with Gasteiger partial charge in [-0.25, -0.2) is 0 Å². The molecule has 1 amide bonds. The molecule has 6 heteroatoms. The minimum atomic E-state index is -1.02. The summed E-state index contributed by atoms with van der Waals surface area (Å²) in [6.45, 7) is 5.20. The molecular weight excluding hydrogens is 277 g/mol. The third kappa shape index (κ3) is 7.54. The van der Waals surface area contributed by atoms with Crippen molar-refractivity contribution in [3.63, 3.8) is 0 Å². The van der Waals surface area contributed by atoms with Crippen LogP contribution >= 0.6 is 0 Å². The van der Waals surface area contributed by atoms with E-state index in [2.05, 4.69) is 5.32 Å². The van der Waals surface area contributed by atoms with Gasteiger partial charge in [0.05, 0.1) is 0 Å². The van der Waals surface area contributed by atoms with Crippen molar-refractivity contribution in [2.24, 2.45) is 0 Å². The first-order valence-electron chi connectivity index (χ1n) is 4.97. The number of nitrogens with one attached hydrogen (secondary N) is 1. The Bertz CT molecular complexity index is 250. The molecule has 94 valence electrons. The first-order valence-corrected chi connectivity index (χ1v) is 7.90. The molecule has 0 saturated heterocycles. The van der Waals surface area contributed by atoms with E-state index >= 15 is 0 Å². The zero-order valence-electron chi connectivity index (χ0n) is 10.1. The van der Waals surface area contributed by atoms with Crippen molar-refractivity contribution in [2.45, 2.75) is 50.0 Å². The van der Waals surface area contributed by atoms with Crippen LogP contribution in [-0.4, -0.2) is 43.8 Å². The summed E-state index contributed by atoms with van der Waals surface area (Å²) in [7, 11) is 0. The average molecular weight is 296 g/mol. The molecule has 0 radical (unpaired) electrons. The van der Waals surface area contributed by atoms with Crippen molar-refractivity contribution < 1.29 is 19.4 Å². The summed E-state index contributed by atoms with van der Waals surface area (Å²) in [5, 5.41) is 12.1. The maximum absolute atomic E-state index is 11.3. The Balaban J connectivity index is 4.19. The van der Waals surface area contributed by atoms with Gasteiger partial charge in [0.2, 0.25) is 0 Å². The van der Waals surface area contributed by atoms with Gasteiger partial charge in [0.1, 0.15) is 0 Å². The Hall–Kier alpha value is -0.741. The molecule has 5 nitrogen and oxygen atoms in total. The Labute approximate surface area is 102 Å². The SMILES string of the molecule is C[Se]CC[C@@H](NC(=O)OC(C)(C)C)C(=O)O. The summed E-state index contributed by atoms with van der Waals surface area (Å²) in [6.07, 6.45) is -0.228. The zero-order valence-corrected chi connectivity index (χ0v) is 11.8. The van der Waals surface area contributed by atoms with Crippen LogP contribution in [0.5, 0.6) is 0 Å². The predicted molar refractivity (Wildman–Crippen MR) is 61.8 cm³/mol. The van der Waals surface area contributed by atoms with Gasteiger partial charge in [-0.1, -0.05) is 0 Å². The van der Waals surface area contributed by atoms with E-state index in [-0.39, 0.29) is 0 Å². The first-order chi connectivity index (χ1) is 7.26. The number of aliphatic carboxylic acids is 1. The number of alkyl carbamates (subject to hydrolysis) is 1. The second kappa shape index (κ2) is 6.76. The Morgan fingerprint density at radius 3 is 2.38 bits per heavy atom. The van der Waals surface area contributed by atoms with Crippen LogP contribution in [0.1, 0.15) is 27.2 Å². The van der Waals surface area contributed by atoms with Crippen LogP contribution in [0, 0.1) is 0 Å². The van der Waals surface area contributed by atoms with Crippen LogP contribution in [0.15, 0.2) is 0 Å². The minimum absolute atomic E-state index is 0.406. The molecule has 0 spiro atoms. The van der Waals surface area contributed by atoms with E-state index in [1.54, 1.807) is 20.8 Å². The number of rotatable bonds is 5. The molecule has 0 aliphatic heterocycles. The maximum atomic E-state index is 11.3. The monoisotopic (exact) mass is 297 g/mol. The molecule has 0 aromatic heterocycles. The second-order valence-corrected chi connectivity index (χ2v) is 6.39. The van der Waals surface area contributed by atoms with Gasteiger partial charge in [-0.05, 0) is 0 Å². The number of carbonyl (C=O) groups excluding carboxylic acids is 1. The fourth-order valence-corrected chi connectivity index (χ4v) is 1.93. The molecule has 0 aliphatic rings. The Morgan fingerprint density at radius 2 is 2.00 bits per heavy atom. The summed E-state index contributed by atoms with van der Waals surface area (Å²) < 4.78 is 4.99. The normalized spacial score (nSPS) is 13.0. The van der Waals surface area contributed by atoms with Gasteiger partial charge in [0.15, 0.2) is 0 Å². The van der Waals surface area contributed by atoms with Crippen molar-refractivity contribution in [2.75, 3.05) is 0 Å². The summed E-state index contributed by atoms with van der Waals surface area (Å²) in [6, 6.07) is -0.850. The second-order valence-electron chi connectivity index (χ2n) is 4.32. The van der Waals surface area contributed by atoms with E-state index in [1.807, 2.05) is 5.82 Å². The average Bonchev–Trinajstić information content (AvgIpc) is 2.08. The predicted octanol–water partition coefficient (Wildman–Crippen LogP) is 1.53. The van der Waals surface area contributed by atoms with E-state index in [1.165, 1.54) is 0 Å². The molecule has 0 aliphatic carbocycles. The molecular formula is C10H19NO4Se. The van der Waals surface area contributed by atoms with E-state index in [0.29, 0.717) is 21.4 Å². The summed E-state index contributed by atoms with van der Waals surface area (Å²) >= 11 is 0.406. The first kappa shape index (κ1) is 15.3. The molecule has 0 saturated carbocycles. The fraction of sp³-hybridized carbons (Fsp3) is 0.800. The van der Waals surface area contributed by atoms with E-state index in [4.69, 9.17) is 9.84 Å². The summed E-state index contributed by atoms with van der Waals surface area (Å²) in [5.41, 5.74) is -0.609. The third-order valence-electron chi connectivity index (χ3n) is 1.60. The van der Waals surface area contributed by atoms with E-state index < -0.39 is 23.7 Å². The summed E-state index contributed by atoms with van der Waals surface area (Å²) in [4.78, 5) is 22.2. The van der Waals surface area contributed by atoms with Crippen LogP contribution in [0.2, 0.25) is 11.1 Å². The molecule has 0 unspecified atom stereocenters. The van der Waals surface area contributed by atoms with Gasteiger partial charge in [-0.3, -0.25) is 0 Å². The van der Waals surface area contributed by atoms with Gasteiger partial charge in [0, 0.05) is 0 Å². The molecule has 1 atom stereocenters. The van der Waals surface area contributed by atoms with Crippen molar-refractivity contribution in [1.82, 2.24) is 5.32 Å². The van der Waals surface area contributed by atoms with Crippen LogP contribution in [0.3, 0.4) is 0 Å². The molecule has 16 heavy (non-hydrogen) atoms. The summed E-state index contributed by atoms with van der Waals surface area (Å²) in [5.74, 6) is 1.01. The van der Waals surface area contributed by atoms with Crippen LogP contribution < -0.4 is 5.32 Å². The number of carbonyl (C=O) groups is 2. The number of amides is 1. The van der Waals surface area contributed by atoms with Crippen molar-refractivity contribution in [1.29, 1.82) is 0 Å². The number of hydrogen-bond acceptors (Lipinski definition) is 3. The standard InChI is InChI=1S/C10H19NO4Se/c1-10(2,3)15-9(14)11-7(8(12)13)5-6-16-4/h7H,5-6H2,1-4H3,(H,11,14)(H,12,13)/t7-/m1/s1. The number of hydrogen-bond donors (Lipinski definition) is 2. The van der Waals surface area contributed by atoms with Gasteiger partial charge < -0.3 is 0 Å². The van der Waals surface area contributed by atoms with Crippen LogP contribution in [-0.2, 0) is 9.53 Å². The third-order valence-corrected chi connectivity index (χ3v) is 2.95. The number of ether oxygens (including phenoxy) is 1. The topological polar surface area (TPSA) is 75.6 Å². The fourth-order valence-electron chi connectivity index (χ4n) is 0.943. The van der Waals surface area contributed by atoms with E-state index in [9.17, 15) is 9.59 Å². The molecule has 0 aromatic carbocycles. The Morgan fingerprint density at radius 1 is 1.44 bits per heavy atom. The molecule has 2 N–H and O–H groups in total. The number of carboxylic acid groups (broad SMARTS) is 1. The van der Waals surface area contributed by atoms with Gasteiger partial charge >= 0.3 is 102 Å². The van der Waals surface area contributed by atoms with Crippen molar-refractivity contribution in [3.05, 3.63) is 0 Å². The quantitative estimate of drug-likeness (QED) is 0.754. The van der Waals surface area contributed by atoms with Crippen LogP contribution in [0.4, 0.5) is 4.79 Å². The molecule has 0 rings (SSSR count). The molecule has 0 heterocycles. The number of carboxylic acids is 1.